The van der Waals surface area contributed by atoms with E-state index in [9.17, 15) is 4.79 Å². The van der Waals surface area contributed by atoms with Crippen LogP contribution >= 0.6 is 11.3 Å². The second kappa shape index (κ2) is 5.26. The zero-order valence-electron chi connectivity index (χ0n) is 11.2. The van der Waals surface area contributed by atoms with E-state index in [1.807, 2.05) is 0 Å². The van der Waals surface area contributed by atoms with Crippen LogP contribution in [0.3, 0.4) is 0 Å². The molecular weight excluding hydrogens is 248 g/mol. The molecule has 1 fully saturated rings. The van der Waals surface area contributed by atoms with Gasteiger partial charge in [-0.2, -0.15) is 0 Å². The van der Waals surface area contributed by atoms with E-state index >= 15 is 0 Å². The summed E-state index contributed by atoms with van der Waals surface area (Å²) < 4.78 is 4.92. The van der Waals surface area contributed by atoms with Gasteiger partial charge in [0.2, 0.25) is 0 Å². The van der Waals surface area contributed by atoms with E-state index in [0.29, 0.717) is 23.8 Å². The number of rotatable bonds is 4. The van der Waals surface area contributed by atoms with Gasteiger partial charge in [-0.3, -0.25) is 0 Å². The first-order valence-corrected chi connectivity index (χ1v) is 7.27. The van der Waals surface area contributed by atoms with Gasteiger partial charge in [0.05, 0.1) is 6.61 Å². The van der Waals surface area contributed by atoms with E-state index in [4.69, 9.17) is 4.74 Å². The maximum absolute atomic E-state index is 11.5. The second-order valence-corrected chi connectivity index (χ2v) is 6.36. The van der Waals surface area contributed by atoms with Gasteiger partial charge < -0.3 is 10.1 Å². The predicted octanol–water partition coefficient (Wildman–Crippen LogP) is 3.31. The molecule has 1 N–H and O–H groups in total. The summed E-state index contributed by atoms with van der Waals surface area (Å²) in [6.45, 7) is 6.77. The van der Waals surface area contributed by atoms with Crippen LogP contribution in [0.5, 0.6) is 0 Å². The van der Waals surface area contributed by atoms with Crippen molar-refractivity contribution in [2.75, 3.05) is 11.9 Å². The molecule has 5 heteroatoms. The van der Waals surface area contributed by atoms with E-state index in [1.54, 1.807) is 12.3 Å². The predicted molar refractivity (Wildman–Crippen MR) is 73.1 cm³/mol. The Morgan fingerprint density at radius 3 is 3.06 bits per heavy atom. The van der Waals surface area contributed by atoms with Gasteiger partial charge in [0.1, 0.15) is 0 Å². The molecule has 0 aliphatic heterocycles. The Balaban J connectivity index is 1.93. The quantitative estimate of drug-likeness (QED) is 0.851. The Labute approximate surface area is 112 Å². The maximum atomic E-state index is 11.5. The monoisotopic (exact) mass is 268 g/mol. The molecule has 1 saturated carbocycles. The molecule has 1 heterocycles. The van der Waals surface area contributed by atoms with Gasteiger partial charge in [-0.15, -0.1) is 11.3 Å². The third-order valence-electron chi connectivity index (χ3n) is 3.28. The van der Waals surface area contributed by atoms with Crippen LogP contribution in [0.1, 0.15) is 50.5 Å². The summed E-state index contributed by atoms with van der Waals surface area (Å²) in [5.41, 5.74) is 0.820. The number of anilines is 1. The van der Waals surface area contributed by atoms with Crippen molar-refractivity contribution in [3.8, 4) is 0 Å². The molecular formula is C13H20N2O2S. The minimum Gasteiger partial charge on any atom is -0.461 e. The lowest BCUT2D eigenvalue weighted by molar-refractivity contribution is 0.0520. The fourth-order valence-corrected chi connectivity index (χ4v) is 3.13. The highest BCUT2D eigenvalue weighted by Crippen LogP contribution is 2.38. The smallest absolute Gasteiger partial charge is 0.357 e. The summed E-state index contributed by atoms with van der Waals surface area (Å²) in [5, 5.41) is 5.98. The van der Waals surface area contributed by atoms with Gasteiger partial charge in [0.25, 0.3) is 0 Å². The lowest BCUT2D eigenvalue weighted by Gasteiger charge is -2.17. The van der Waals surface area contributed by atoms with Crippen molar-refractivity contribution in [3.63, 3.8) is 0 Å². The molecule has 0 bridgehead atoms. The lowest BCUT2D eigenvalue weighted by atomic mass is 9.92. The second-order valence-electron chi connectivity index (χ2n) is 5.51. The van der Waals surface area contributed by atoms with Crippen LogP contribution in [-0.4, -0.2) is 23.6 Å². The molecule has 1 aliphatic rings. The van der Waals surface area contributed by atoms with E-state index in [-0.39, 0.29) is 5.97 Å². The number of esters is 1. The first kappa shape index (κ1) is 13.3. The van der Waals surface area contributed by atoms with Crippen molar-refractivity contribution < 1.29 is 9.53 Å². The molecule has 100 valence electrons. The molecule has 1 aromatic rings. The molecule has 0 spiro atoms. The average Bonchev–Trinajstić information content (AvgIpc) is 2.86. The van der Waals surface area contributed by atoms with E-state index in [1.165, 1.54) is 24.2 Å². The highest BCUT2D eigenvalue weighted by atomic mass is 32.1. The third kappa shape index (κ3) is 3.22. The molecule has 1 unspecified atom stereocenters. The minimum absolute atomic E-state index is 0.339. The summed E-state index contributed by atoms with van der Waals surface area (Å²) in [4.78, 5) is 15.8. The summed E-state index contributed by atoms with van der Waals surface area (Å²) in [6, 6.07) is 0.473. The standard InChI is InChI=1S/C13H20N2O2S/c1-4-17-11(16)10-8-18-12(15-10)14-9-5-6-13(2,3)7-9/h8-9H,4-7H2,1-3H3,(H,14,15). The first-order chi connectivity index (χ1) is 8.50. The zero-order chi connectivity index (χ0) is 13.2. The summed E-state index contributed by atoms with van der Waals surface area (Å²) >= 11 is 1.47. The molecule has 1 atom stereocenters. The Morgan fingerprint density at radius 1 is 1.67 bits per heavy atom. The Bertz CT molecular complexity index is 428. The van der Waals surface area contributed by atoms with Crippen LogP contribution in [0, 0.1) is 5.41 Å². The molecule has 0 saturated heterocycles. The van der Waals surface area contributed by atoms with Crippen LogP contribution in [0.15, 0.2) is 5.38 Å². The molecule has 0 radical (unpaired) electrons. The summed E-state index contributed by atoms with van der Waals surface area (Å²) in [6.07, 6.45) is 3.56. The SMILES string of the molecule is CCOC(=O)c1csc(NC2CCC(C)(C)C2)n1. The zero-order valence-corrected chi connectivity index (χ0v) is 12.0. The third-order valence-corrected chi connectivity index (χ3v) is 4.06. The number of thiazole rings is 1. The van der Waals surface area contributed by atoms with Crippen LogP contribution in [0.2, 0.25) is 0 Å². The van der Waals surface area contributed by atoms with Gasteiger partial charge in [0.15, 0.2) is 10.8 Å². The van der Waals surface area contributed by atoms with Crippen molar-refractivity contribution in [1.82, 2.24) is 4.98 Å². The normalized spacial score (nSPS) is 21.8. The lowest BCUT2D eigenvalue weighted by Crippen LogP contribution is -2.17. The number of carbonyl (C=O) groups is 1. The van der Waals surface area contributed by atoms with E-state index in [2.05, 4.69) is 24.1 Å². The highest BCUT2D eigenvalue weighted by molar-refractivity contribution is 7.13. The van der Waals surface area contributed by atoms with E-state index < -0.39 is 0 Å². The number of nitrogens with one attached hydrogen (secondary N) is 1. The number of hydrogen-bond donors (Lipinski definition) is 1. The molecule has 1 aliphatic carbocycles. The highest BCUT2D eigenvalue weighted by Gasteiger charge is 2.31. The van der Waals surface area contributed by atoms with Gasteiger partial charge in [0, 0.05) is 11.4 Å². The number of ether oxygens (including phenoxy) is 1. The Kier molecular flexibility index (Phi) is 3.90. The molecule has 0 aromatic carbocycles. The largest absolute Gasteiger partial charge is 0.461 e. The molecule has 18 heavy (non-hydrogen) atoms. The van der Waals surface area contributed by atoms with Gasteiger partial charge in [-0.25, -0.2) is 9.78 Å². The average molecular weight is 268 g/mol. The number of carbonyl (C=O) groups excluding carboxylic acids is 1. The summed E-state index contributed by atoms with van der Waals surface area (Å²) in [5.74, 6) is -0.339. The Morgan fingerprint density at radius 2 is 2.44 bits per heavy atom. The molecule has 4 nitrogen and oxygen atoms in total. The fraction of sp³-hybridized carbons (Fsp3) is 0.692. The van der Waals surface area contributed by atoms with Crippen molar-refractivity contribution in [3.05, 3.63) is 11.1 Å². The molecule has 0 amide bonds. The first-order valence-electron chi connectivity index (χ1n) is 6.39. The Hall–Kier alpha value is -1.10. The van der Waals surface area contributed by atoms with Crippen LogP contribution in [0.25, 0.3) is 0 Å². The van der Waals surface area contributed by atoms with Crippen molar-refractivity contribution in [2.24, 2.45) is 5.41 Å². The number of nitrogens with zero attached hydrogens (tertiary/aromatic N) is 1. The van der Waals surface area contributed by atoms with E-state index in [0.717, 1.165) is 11.6 Å². The molecule has 1 aromatic heterocycles. The van der Waals surface area contributed by atoms with Gasteiger partial charge in [-0.1, -0.05) is 13.8 Å². The van der Waals surface area contributed by atoms with Crippen LogP contribution < -0.4 is 5.32 Å². The number of aromatic nitrogens is 1. The van der Waals surface area contributed by atoms with Gasteiger partial charge >= 0.3 is 5.97 Å². The van der Waals surface area contributed by atoms with Crippen molar-refractivity contribution in [2.45, 2.75) is 46.1 Å². The van der Waals surface area contributed by atoms with Crippen molar-refractivity contribution >= 4 is 22.4 Å². The van der Waals surface area contributed by atoms with Gasteiger partial charge in [-0.05, 0) is 31.6 Å². The van der Waals surface area contributed by atoms with Crippen LogP contribution in [-0.2, 0) is 4.74 Å². The fourth-order valence-electron chi connectivity index (χ4n) is 2.37. The minimum atomic E-state index is -0.339. The van der Waals surface area contributed by atoms with Crippen LogP contribution in [0.4, 0.5) is 5.13 Å². The summed E-state index contributed by atoms with van der Waals surface area (Å²) in [7, 11) is 0. The molecule has 2 rings (SSSR count). The topological polar surface area (TPSA) is 51.2 Å². The van der Waals surface area contributed by atoms with Crippen molar-refractivity contribution in [1.29, 1.82) is 0 Å². The number of hydrogen-bond acceptors (Lipinski definition) is 5. The maximum Gasteiger partial charge on any atom is 0.357 e.